The molecule has 0 radical (unpaired) electrons. The molecule has 0 fully saturated rings. The van der Waals surface area contributed by atoms with Gasteiger partial charge in [0.15, 0.2) is 5.78 Å². The van der Waals surface area contributed by atoms with Crippen LogP contribution in [0.2, 0.25) is 5.02 Å². The number of hydrogen-bond acceptors (Lipinski definition) is 3. The predicted octanol–water partition coefficient (Wildman–Crippen LogP) is 4.41. The number of rotatable bonds is 5. The first kappa shape index (κ1) is 16.6. The number of Topliss-reactive ketones (excluding diaryl/α,β-unsaturated/α-hetero) is 1. The molecule has 2 rings (SSSR count). The third-order valence-electron chi connectivity index (χ3n) is 3.06. The molecule has 114 valence electrons. The maximum absolute atomic E-state index is 12.0. The smallest absolute Gasteiger partial charge is 0.225 e. The maximum Gasteiger partial charge on any atom is 0.225 e. The van der Waals surface area contributed by atoms with Crippen molar-refractivity contribution in [2.75, 3.05) is 5.32 Å². The predicted molar refractivity (Wildman–Crippen MR) is 90.3 cm³/mol. The van der Waals surface area contributed by atoms with Crippen LogP contribution in [0.5, 0.6) is 0 Å². The van der Waals surface area contributed by atoms with Gasteiger partial charge < -0.3 is 5.32 Å². The highest BCUT2D eigenvalue weighted by molar-refractivity contribution is 9.10. The van der Waals surface area contributed by atoms with E-state index in [-0.39, 0.29) is 24.5 Å². The summed E-state index contributed by atoms with van der Waals surface area (Å²) in [6.07, 6.45) is 1.88. The van der Waals surface area contributed by atoms with E-state index < -0.39 is 0 Å². The van der Waals surface area contributed by atoms with Gasteiger partial charge >= 0.3 is 0 Å². The number of hydrogen-bond donors (Lipinski definition) is 1. The summed E-state index contributed by atoms with van der Waals surface area (Å²) in [5.74, 6) is 0.146. The molecule has 0 unspecified atom stereocenters. The Morgan fingerprint density at radius 3 is 2.55 bits per heavy atom. The Labute approximate surface area is 142 Å². The van der Waals surface area contributed by atoms with Crippen molar-refractivity contribution in [1.29, 1.82) is 0 Å². The molecule has 22 heavy (non-hydrogen) atoms. The third kappa shape index (κ3) is 4.64. The summed E-state index contributed by atoms with van der Waals surface area (Å²) in [6.45, 7) is 1.91. The molecular weight excluding hydrogens is 368 g/mol. The number of nitrogens with zero attached hydrogens (tertiary/aromatic N) is 1. The van der Waals surface area contributed by atoms with Crippen LogP contribution in [0.4, 0.5) is 5.82 Å². The van der Waals surface area contributed by atoms with E-state index in [4.69, 9.17) is 11.6 Å². The fourth-order valence-electron chi connectivity index (χ4n) is 1.82. The van der Waals surface area contributed by atoms with Gasteiger partial charge in [0.25, 0.3) is 0 Å². The molecule has 1 heterocycles. The number of amides is 1. The van der Waals surface area contributed by atoms with Crippen molar-refractivity contribution in [1.82, 2.24) is 4.98 Å². The van der Waals surface area contributed by atoms with E-state index in [0.29, 0.717) is 16.4 Å². The van der Waals surface area contributed by atoms with Gasteiger partial charge in [0.1, 0.15) is 5.82 Å². The summed E-state index contributed by atoms with van der Waals surface area (Å²) in [6, 6.07) is 8.39. The van der Waals surface area contributed by atoms with Gasteiger partial charge in [0.05, 0.1) is 0 Å². The van der Waals surface area contributed by atoms with Gasteiger partial charge in [0, 0.05) is 34.1 Å². The lowest BCUT2D eigenvalue weighted by Gasteiger charge is -2.06. The number of ketones is 1. The van der Waals surface area contributed by atoms with Gasteiger partial charge in [-0.2, -0.15) is 0 Å². The Kier molecular flexibility index (Phi) is 5.69. The summed E-state index contributed by atoms with van der Waals surface area (Å²) in [7, 11) is 0. The minimum Gasteiger partial charge on any atom is -0.311 e. The standard InChI is InChI=1S/C16H14BrClN2O2/c1-10-8-15(19-9-13(10)17)20-16(22)7-6-14(21)11-2-4-12(18)5-3-11/h2-5,8-9H,6-7H2,1H3,(H,19,20,22). The SMILES string of the molecule is Cc1cc(NC(=O)CCC(=O)c2ccc(Cl)cc2)ncc1Br. The van der Waals surface area contributed by atoms with Crippen LogP contribution in [0, 0.1) is 6.92 Å². The Bertz CT molecular complexity index is 702. The van der Waals surface area contributed by atoms with Gasteiger partial charge in [-0.15, -0.1) is 0 Å². The van der Waals surface area contributed by atoms with Crippen molar-refractivity contribution in [3.8, 4) is 0 Å². The van der Waals surface area contributed by atoms with E-state index in [1.165, 1.54) is 0 Å². The van der Waals surface area contributed by atoms with Crippen molar-refractivity contribution in [2.24, 2.45) is 0 Å². The van der Waals surface area contributed by atoms with Crippen molar-refractivity contribution in [3.05, 3.63) is 57.2 Å². The number of aryl methyl sites for hydroxylation is 1. The van der Waals surface area contributed by atoms with Crippen LogP contribution in [0.3, 0.4) is 0 Å². The summed E-state index contributed by atoms with van der Waals surface area (Å²) in [5.41, 5.74) is 1.53. The van der Waals surface area contributed by atoms with E-state index in [1.807, 2.05) is 6.92 Å². The molecule has 2 aromatic rings. The second-order valence-electron chi connectivity index (χ2n) is 4.80. The van der Waals surface area contributed by atoms with E-state index in [9.17, 15) is 9.59 Å². The van der Waals surface area contributed by atoms with E-state index in [0.717, 1.165) is 10.0 Å². The number of anilines is 1. The van der Waals surface area contributed by atoms with Crippen LogP contribution < -0.4 is 5.32 Å². The summed E-state index contributed by atoms with van der Waals surface area (Å²) < 4.78 is 0.878. The first-order valence-corrected chi connectivity index (χ1v) is 7.83. The summed E-state index contributed by atoms with van der Waals surface area (Å²) >= 11 is 9.12. The van der Waals surface area contributed by atoms with Crippen molar-refractivity contribution < 1.29 is 9.59 Å². The van der Waals surface area contributed by atoms with Gasteiger partial charge in [-0.25, -0.2) is 4.98 Å². The zero-order valence-electron chi connectivity index (χ0n) is 11.9. The minimum atomic E-state index is -0.239. The monoisotopic (exact) mass is 380 g/mol. The summed E-state index contributed by atoms with van der Waals surface area (Å²) in [4.78, 5) is 27.9. The van der Waals surface area contributed by atoms with E-state index in [1.54, 1.807) is 36.5 Å². The van der Waals surface area contributed by atoms with Gasteiger partial charge in [-0.1, -0.05) is 11.6 Å². The molecule has 0 saturated carbocycles. The zero-order valence-corrected chi connectivity index (χ0v) is 14.2. The number of aromatic nitrogens is 1. The second-order valence-corrected chi connectivity index (χ2v) is 6.09. The average molecular weight is 382 g/mol. The molecule has 0 aliphatic carbocycles. The van der Waals surface area contributed by atoms with Gasteiger partial charge in [-0.3, -0.25) is 9.59 Å². The zero-order chi connectivity index (χ0) is 16.1. The van der Waals surface area contributed by atoms with Crippen LogP contribution in [-0.2, 0) is 4.79 Å². The maximum atomic E-state index is 12.0. The molecular formula is C16H14BrClN2O2. The topological polar surface area (TPSA) is 59.1 Å². The first-order chi connectivity index (χ1) is 10.5. The molecule has 6 heteroatoms. The third-order valence-corrected chi connectivity index (χ3v) is 4.14. The number of halogens is 2. The molecule has 4 nitrogen and oxygen atoms in total. The fraction of sp³-hybridized carbons (Fsp3) is 0.188. The van der Waals surface area contributed by atoms with Crippen LogP contribution in [0.25, 0.3) is 0 Å². The average Bonchev–Trinajstić information content (AvgIpc) is 2.49. The first-order valence-electron chi connectivity index (χ1n) is 6.66. The number of carbonyl (C=O) groups is 2. The molecule has 1 amide bonds. The fourth-order valence-corrected chi connectivity index (χ4v) is 2.16. The van der Waals surface area contributed by atoms with Crippen LogP contribution in [-0.4, -0.2) is 16.7 Å². The summed E-state index contributed by atoms with van der Waals surface area (Å²) in [5, 5.41) is 3.26. The van der Waals surface area contributed by atoms with Crippen LogP contribution in [0.15, 0.2) is 41.0 Å². The van der Waals surface area contributed by atoms with Crippen molar-refractivity contribution in [2.45, 2.75) is 19.8 Å². The Balaban J connectivity index is 1.88. The molecule has 0 atom stereocenters. The molecule has 1 aromatic heterocycles. The molecule has 1 aromatic carbocycles. The number of pyridine rings is 1. The highest BCUT2D eigenvalue weighted by Gasteiger charge is 2.10. The lowest BCUT2D eigenvalue weighted by Crippen LogP contribution is -2.14. The Morgan fingerprint density at radius 1 is 1.23 bits per heavy atom. The largest absolute Gasteiger partial charge is 0.311 e. The Morgan fingerprint density at radius 2 is 1.91 bits per heavy atom. The van der Waals surface area contributed by atoms with Gasteiger partial charge in [-0.05, 0) is 58.7 Å². The number of nitrogens with one attached hydrogen (secondary N) is 1. The molecule has 0 aliphatic heterocycles. The van der Waals surface area contributed by atoms with E-state index in [2.05, 4.69) is 26.2 Å². The lowest BCUT2D eigenvalue weighted by molar-refractivity contribution is -0.116. The highest BCUT2D eigenvalue weighted by atomic mass is 79.9. The van der Waals surface area contributed by atoms with E-state index >= 15 is 0 Å². The molecule has 0 saturated heterocycles. The van der Waals surface area contributed by atoms with Crippen LogP contribution in [0.1, 0.15) is 28.8 Å². The highest BCUT2D eigenvalue weighted by Crippen LogP contribution is 2.17. The normalized spacial score (nSPS) is 10.3. The molecule has 0 spiro atoms. The van der Waals surface area contributed by atoms with Crippen molar-refractivity contribution in [3.63, 3.8) is 0 Å². The molecule has 1 N–H and O–H groups in total. The minimum absolute atomic E-state index is 0.0910. The lowest BCUT2D eigenvalue weighted by atomic mass is 10.1. The van der Waals surface area contributed by atoms with Crippen LogP contribution >= 0.6 is 27.5 Å². The number of carbonyl (C=O) groups excluding carboxylic acids is 2. The quantitative estimate of drug-likeness (QED) is 0.781. The molecule has 0 aliphatic rings. The van der Waals surface area contributed by atoms with Crippen molar-refractivity contribution >= 4 is 45.0 Å². The number of benzene rings is 1. The Hall–Kier alpha value is -1.72. The second kappa shape index (κ2) is 7.51. The molecule has 0 bridgehead atoms. The van der Waals surface area contributed by atoms with Gasteiger partial charge in [0.2, 0.25) is 5.91 Å².